The van der Waals surface area contributed by atoms with Crippen LogP contribution in [0.5, 0.6) is 0 Å². The maximum absolute atomic E-state index is 6.14. The summed E-state index contributed by atoms with van der Waals surface area (Å²) in [4.78, 5) is 10.5. The molecule has 0 aliphatic rings. The maximum Gasteiger partial charge on any atom is 0.134 e. The van der Waals surface area contributed by atoms with Gasteiger partial charge < -0.3 is 10.6 Å². The topological polar surface area (TPSA) is 78.5 Å². The second-order valence-corrected chi connectivity index (χ2v) is 10.3. The minimum atomic E-state index is 0.298. The van der Waals surface area contributed by atoms with Gasteiger partial charge in [0, 0.05) is 23.6 Å². The summed E-state index contributed by atoms with van der Waals surface area (Å²) in [6.45, 7) is 16.4. The summed E-state index contributed by atoms with van der Waals surface area (Å²) in [7, 11) is 0. The highest BCUT2D eigenvalue weighted by atomic mass is 35.5. The fourth-order valence-corrected chi connectivity index (χ4v) is 4.92. The number of pyridine rings is 2. The zero-order valence-electron chi connectivity index (χ0n) is 20.8. The van der Waals surface area contributed by atoms with Crippen LogP contribution in [-0.2, 0) is 0 Å². The average molecular weight is 517 g/mol. The molecule has 0 aliphatic carbocycles. The second kappa shape index (κ2) is 10.9. The van der Waals surface area contributed by atoms with E-state index >= 15 is 0 Å². The number of nitrogens with zero attached hydrogens (tertiary/aromatic N) is 3. The third kappa shape index (κ3) is 5.42. The van der Waals surface area contributed by atoms with Gasteiger partial charge in [-0.1, -0.05) is 30.8 Å². The van der Waals surface area contributed by atoms with Crippen molar-refractivity contribution in [3.63, 3.8) is 0 Å². The number of hydrogen-bond acceptors (Lipinski definition) is 6. The lowest BCUT2D eigenvalue weighted by Crippen LogP contribution is -2.20. The summed E-state index contributed by atoms with van der Waals surface area (Å²) in [5.41, 5.74) is 8.42. The second-order valence-electron chi connectivity index (χ2n) is 8.55. The van der Waals surface area contributed by atoms with Crippen LogP contribution in [0.25, 0.3) is 32.9 Å². The standard InChI is InChI=1S/C28H29ClN6S/c1-7-19(15-20(8-2)31-16(3)4)22-9-10-23-28(33-22)27(35-34-23)18(6)32-21-13-14-30-26(17(21)5)24-11-12-25(29)36-24/h7-16,31H,2,6H2,1,3-5H3,(H,30,32)(H,34,35)/b19-7+,20-15+. The highest BCUT2D eigenvalue weighted by molar-refractivity contribution is 7.19. The van der Waals surface area contributed by atoms with E-state index in [1.165, 1.54) is 11.3 Å². The van der Waals surface area contributed by atoms with Crippen LogP contribution >= 0.6 is 22.9 Å². The first-order valence-electron chi connectivity index (χ1n) is 11.6. The van der Waals surface area contributed by atoms with Crippen molar-refractivity contribution < 1.29 is 0 Å². The van der Waals surface area contributed by atoms with E-state index in [1.807, 2.05) is 62.4 Å². The fourth-order valence-electron chi connectivity index (χ4n) is 3.82. The molecule has 3 N–H and O–H groups in total. The largest absolute Gasteiger partial charge is 0.383 e. The van der Waals surface area contributed by atoms with Crippen molar-refractivity contribution in [1.29, 1.82) is 0 Å². The Balaban J connectivity index is 1.65. The third-order valence-corrected chi connectivity index (χ3v) is 6.82. The Morgan fingerprint density at radius 1 is 1.19 bits per heavy atom. The molecule has 4 aromatic heterocycles. The zero-order chi connectivity index (χ0) is 25.8. The molecule has 0 spiro atoms. The van der Waals surface area contributed by atoms with Gasteiger partial charge in [-0.05, 0) is 81.3 Å². The van der Waals surface area contributed by atoms with E-state index in [0.29, 0.717) is 17.4 Å². The van der Waals surface area contributed by atoms with Crippen LogP contribution in [0.3, 0.4) is 0 Å². The Morgan fingerprint density at radius 3 is 2.67 bits per heavy atom. The van der Waals surface area contributed by atoms with Crippen molar-refractivity contribution >= 4 is 50.9 Å². The van der Waals surface area contributed by atoms with Crippen LogP contribution in [0.2, 0.25) is 4.34 Å². The number of anilines is 1. The summed E-state index contributed by atoms with van der Waals surface area (Å²) in [5.74, 6) is 0. The molecule has 0 aromatic carbocycles. The molecule has 0 saturated carbocycles. The van der Waals surface area contributed by atoms with E-state index in [9.17, 15) is 0 Å². The van der Waals surface area contributed by atoms with E-state index in [0.717, 1.165) is 54.2 Å². The molecule has 0 bridgehead atoms. The number of fused-ring (bicyclic) bond motifs is 1. The number of rotatable bonds is 9. The molecule has 4 aromatic rings. The molecule has 0 saturated heterocycles. The number of allylic oxidation sites excluding steroid dienone is 4. The van der Waals surface area contributed by atoms with Gasteiger partial charge in [0.2, 0.25) is 0 Å². The lowest BCUT2D eigenvalue weighted by molar-refractivity contribution is 0.682. The molecular formula is C28H29ClN6S. The fraction of sp³-hybridized carbons (Fsp3) is 0.179. The van der Waals surface area contributed by atoms with Gasteiger partial charge in [0.25, 0.3) is 0 Å². The van der Waals surface area contributed by atoms with Gasteiger partial charge in [-0.15, -0.1) is 11.3 Å². The van der Waals surface area contributed by atoms with Crippen molar-refractivity contribution in [2.24, 2.45) is 0 Å². The Bertz CT molecular complexity index is 1490. The van der Waals surface area contributed by atoms with E-state index in [-0.39, 0.29) is 0 Å². The quantitative estimate of drug-likeness (QED) is 0.200. The van der Waals surface area contributed by atoms with Gasteiger partial charge >= 0.3 is 0 Å². The van der Waals surface area contributed by atoms with Crippen LogP contribution in [0, 0.1) is 6.92 Å². The van der Waals surface area contributed by atoms with Gasteiger partial charge in [-0.2, -0.15) is 5.10 Å². The first kappa shape index (κ1) is 25.4. The Hall–Kier alpha value is -3.68. The first-order valence-corrected chi connectivity index (χ1v) is 12.8. The summed E-state index contributed by atoms with van der Waals surface area (Å²) in [5, 5.41) is 14.4. The number of nitrogens with one attached hydrogen (secondary N) is 3. The average Bonchev–Trinajstić information content (AvgIpc) is 3.48. The Labute approximate surface area is 220 Å². The van der Waals surface area contributed by atoms with Crippen LogP contribution in [0.1, 0.15) is 37.7 Å². The minimum Gasteiger partial charge on any atom is -0.383 e. The molecular weight excluding hydrogens is 488 g/mol. The van der Waals surface area contributed by atoms with E-state index in [4.69, 9.17) is 16.6 Å². The van der Waals surface area contributed by atoms with Gasteiger partial charge in [0.1, 0.15) is 11.2 Å². The maximum atomic E-state index is 6.14. The minimum absolute atomic E-state index is 0.298. The number of aromatic nitrogens is 4. The molecule has 4 rings (SSSR count). The van der Waals surface area contributed by atoms with E-state index in [1.54, 1.807) is 6.20 Å². The summed E-state index contributed by atoms with van der Waals surface area (Å²) < 4.78 is 0.731. The molecule has 6 nitrogen and oxygen atoms in total. The molecule has 36 heavy (non-hydrogen) atoms. The van der Waals surface area contributed by atoms with Gasteiger partial charge in [0.15, 0.2) is 0 Å². The first-order chi connectivity index (χ1) is 17.3. The smallest absolute Gasteiger partial charge is 0.134 e. The number of aromatic amines is 1. The molecule has 0 atom stereocenters. The molecule has 0 radical (unpaired) electrons. The number of thiophene rings is 1. The van der Waals surface area contributed by atoms with Gasteiger partial charge in [-0.3, -0.25) is 10.1 Å². The predicted octanol–water partition coefficient (Wildman–Crippen LogP) is 7.60. The molecule has 0 fully saturated rings. The van der Waals surface area contributed by atoms with Crippen molar-refractivity contribution in [2.45, 2.75) is 33.7 Å². The Kier molecular flexibility index (Phi) is 7.72. The lowest BCUT2D eigenvalue weighted by atomic mass is 10.1. The summed E-state index contributed by atoms with van der Waals surface area (Å²) >= 11 is 7.64. The molecule has 0 unspecified atom stereocenters. The SMILES string of the molecule is C=C/C(=C\C(=C/C)c1ccc2[nH]nc(C(=C)Nc3ccnc(-c4ccc(Cl)s4)c3C)c2n1)NC(C)C. The molecule has 4 heterocycles. The summed E-state index contributed by atoms with van der Waals surface area (Å²) in [6, 6.07) is 10.0. The highest BCUT2D eigenvalue weighted by Gasteiger charge is 2.15. The monoisotopic (exact) mass is 516 g/mol. The van der Waals surface area contributed by atoms with Crippen molar-refractivity contribution in [2.75, 3.05) is 5.32 Å². The van der Waals surface area contributed by atoms with Crippen molar-refractivity contribution in [3.05, 3.63) is 94.9 Å². The number of H-pyrrole nitrogens is 1. The zero-order valence-corrected chi connectivity index (χ0v) is 22.4. The molecule has 8 heteroatoms. The molecule has 0 aliphatic heterocycles. The molecule has 184 valence electrons. The third-order valence-electron chi connectivity index (χ3n) is 5.58. The van der Waals surface area contributed by atoms with Crippen molar-refractivity contribution in [1.82, 2.24) is 25.5 Å². The Morgan fingerprint density at radius 2 is 2.00 bits per heavy atom. The summed E-state index contributed by atoms with van der Waals surface area (Å²) in [6.07, 6.45) is 7.67. The van der Waals surface area contributed by atoms with Crippen LogP contribution in [0.4, 0.5) is 5.69 Å². The van der Waals surface area contributed by atoms with E-state index < -0.39 is 0 Å². The number of hydrogen-bond donors (Lipinski definition) is 3. The van der Waals surface area contributed by atoms with Crippen molar-refractivity contribution in [3.8, 4) is 10.6 Å². The van der Waals surface area contributed by atoms with Crippen LogP contribution in [0.15, 0.2) is 73.6 Å². The number of halogens is 1. The molecule has 0 amide bonds. The van der Waals surface area contributed by atoms with Gasteiger partial charge in [0.05, 0.1) is 31.8 Å². The normalized spacial score (nSPS) is 12.3. The van der Waals surface area contributed by atoms with E-state index in [2.05, 4.69) is 52.8 Å². The lowest BCUT2D eigenvalue weighted by Gasteiger charge is -2.13. The predicted molar refractivity (Wildman–Crippen MR) is 154 cm³/mol. The van der Waals surface area contributed by atoms with Gasteiger partial charge in [-0.25, -0.2) is 4.98 Å². The highest BCUT2D eigenvalue weighted by Crippen LogP contribution is 2.35. The van der Waals surface area contributed by atoms with Crippen LogP contribution < -0.4 is 10.6 Å². The van der Waals surface area contributed by atoms with Crippen LogP contribution in [-0.4, -0.2) is 26.2 Å².